The number of imide groups is 1. The van der Waals surface area contributed by atoms with Crippen molar-refractivity contribution in [3.63, 3.8) is 0 Å². The van der Waals surface area contributed by atoms with Gasteiger partial charge in [-0.25, -0.2) is 24.4 Å². The maximum Gasteiger partial charge on any atom is 0.441 e. The summed E-state index contributed by atoms with van der Waals surface area (Å²) in [6.07, 6.45) is 1.36. The van der Waals surface area contributed by atoms with Crippen LogP contribution >= 0.6 is 0 Å². The molecule has 210 valence electrons. The number of pyridine rings is 1. The second-order valence-corrected chi connectivity index (χ2v) is 8.69. The van der Waals surface area contributed by atoms with Crippen molar-refractivity contribution in [2.45, 2.75) is 31.9 Å². The van der Waals surface area contributed by atoms with Gasteiger partial charge in [-0.2, -0.15) is 0 Å². The minimum Gasteiger partial charge on any atom is -0.443 e. The van der Waals surface area contributed by atoms with Gasteiger partial charge < -0.3 is 30.5 Å². The lowest BCUT2D eigenvalue weighted by Crippen LogP contribution is -2.41. The van der Waals surface area contributed by atoms with Crippen LogP contribution in [0.1, 0.15) is 24.8 Å². The number of rotatable bonds is 12. The smallest absolute Gasteiger partial charge is 0.441 e. The molecule has 5 amide bonds. The van der Waals surface area contributed by atoms with Crippen LogP contribution in [-0.2, 0) is 30.6 Å². The Morgan fingerprint density at radius 1 is 1.05 bits per heavy atom. The monoisotopic (exact) mass is 552 g/mol. The third kappa shape index (κ3) is 7.89. The van der Waals surface area contributed by atoms with E-state index in [0.29, 0.717) is 31.0 Å². The van der Waals surface area contributed by atoms with Crippen LogP contribution in [0.2, 0.25) is 0 Å². The van der Waals surface area contributed by atoms with Gasteiger partial charge in [0, 0.05) is 19.3 Å². The number of hydrogen-bond acceptors (Lipinski definition) is 10. The predicted molar refractivity (Wildman–Crippen MR) is 139 cm³/mol. The SMILES string of the molecule is O=C(CN1C(=O)N[C@@H](CCCNc2nc3cccnc3[nH]2)C1=O)NCCC(=O)ONC(=O)OCc1ccccc1. The van der Waals surface area contributed by atoms with E-state index in [1.807, 2.05) is 17.6 Å². The Kier molecular flexibility index (Phi) is 9.42. The van der Waals surface area contributed by atoms with E-state index in [0.717, 1.165) is 16.0 Å². The second kappa shape index (κ2) is 13.5. The van der Waals surface area contributed by atoms with Gasteiger partial charge in [-0.05, 0) is 30.5 Å². The lowest BCUT2D eigenvalue weighted by Gasteiger charge is -2.13. The molecule has 3 heterocycles. The third-order valence-corrected chi connectivity index (χ3v) is 5.74. The summed E-state index contributed by atoms with van der Waals surface area (Å²) in [5, 5.41) is 8.11. The van der Waals surface area contributed by atoms with E-state index < -0.39 is 42.5 Å². The van der Waals surface area contributed by atoms with Crippen molar-refractivity contribution in [1.29, 1.82) is 0 Å². The lowest BCUT2D eigenvalue weighted by molar-refractivity contribution is -0.149. The minimum atomic E-state index is -0.947. The summed E-state index contributed by atoms with van der Waals surface area (Å²) in [6, 6.07) is 11.1. The number of nitrogens with zero attached hydrogens (tertiary/aromatic N) is 3. The molecule has 4 rings (SSSR count). The van der Waals surface area contributed by atoms with Crippen molar-refractivity contribution < 1.29 is 33.5 Å². The lowest BCUT2D eigenvalue weighted by atomic mass is 10.1. The van der Waals surface area contributed by atoms with E-state index in [4.69, 9.17) is 4.74 Å². The number of anilines is 1. The molecule has 1 atom stereocenters. The van der Waals surface area contributed by atoms with Gasteiger partial charge in [0.25, 0.3) is 5.91 Å². The zero-order valence-corrected chi connectivity index (χ0v) is 21.3. The molecule has 0 radical (unpaired) electrons. The predicted octanol–water partition coefficient (Wildman–Crippen LogP) is 0.961. The number of imidazole rings is 1. The molecule has 1 saturated heterocycles. The van der Waals surface area contributed by atoms with Crippen molar-refractivity contribution in [3.05, 3.63) is 54.2 Å². The molecule has 1 aliphatic heterocycles. The number of hydroxylamine groups is 1. The van der Waals surface area contributed by atoms with Crippen LogP contribution in [0, 0.1) is 0 Å². The first-order valence-electron chi connectivity index (χ1n) is 12.5. The molecule has 3 aromatic rings. The highest BCUT2D eigenvalue weighted by atomic mass is 16.7. The largest absolute Gasteiger partial charge is 0.443 e. The Labute approximate surface area is 228 Å². The number of nitrogens with one attached hydrogen (secondary N) is 5. The van der Waals surface area contributed by atoms with Gasteiger partial charge in [-0.1, -0.05) is 30.3 Å². The maximum atomic E-state index is 12.6. The van der Waals surface area contributed by atoms with Crippen molar-refractivity contribution in [1.82, 2.24) is 36.0 Å². The van der Waals surface area contributed by atoms with Crippen LogP contribution < -0.4 is 21.4 Å². The minimum absolute atomic E-state index is 0.00122. The second-order valence-electron chi connectivity index (χ2n) is 8.69. The van der Waals surface area contributed by atoms with Crippen molar-refractivity contribution in [2.75, 3.05) is 25.0 Å². The molecule has 0 aliphatic carbocycles. The quantitative estimate of drug-likeness (QED) is 0.123. The molecule has 2 aromatic heterocycles. The summed E-state index contributed by atoms with van der Waals surface area (Å²) in [7, 11) is 0. The van der Waals surface area contributed by atoms with E-state index in [2.05, 4.69) is 35.7 Å². The number of carbonyl (C=O) groups is 5. The summed E-state index contributed by atoms with van der Waals surface area (Å²) in [5.41, 5.74) is 4.01. The van der Waals surface area contributed by atoms with Crippen LogP contribution in [-0.4, -0.2) is 75.4 Å². The van der Waals surface area contributed by atoms with Crippen molar-refractivity contribution >= 4 is 47.0 Å². The van der Waals surface area contributed by atoms with Crippen LogP contribution in [0.25, 0.3) is 11.2 Å². The Hall–Kier alpha value is -5.21. The first-order chi connectivity index (χ1) is 19.4. The molecule has 0 bridgehead atoms. The van der Waals surface area contributed by atoms with Crippen LogP contribution in [0.3, 0.4) is 0 Å². The highest BCUT2D eigenvalue weighted by molar-refractivity contribution is 6.06. The highest BCUT2D eigenvalue weighted by Crippen LogP contribution is 2.13. The van der Waals surface area contributed by atoms with E-state index in [9.17, 15) is 24.0 Å². The molecular weight excluding hydrogens is 524 g/mol. The number of aromatic amines is 1. The van der Waals surface area contributed by atoms with Gasteiger partial charge in [-0.3, -0.25) is 14.5 Å². The Bertz CT molecular complexity index is 1330. The molecular formula is C25H28N8O7. The average molecular weight is 553 g/mol. The number of aromatic nitrogens is 3. The first-order valence-corrected chi connectivity index (χ1v) is 12.5. The fraction of sp³-hybridized carbons (Fsp3) is 0.320. The van der Waals surface area contributed by atoms with Gasteiger partial charge in [0.2, 0.25) is 11.9 Å². The van der Waals surface area contributed by atoms with Gasteiger partial charge in [0.15, 0.2) is 5.65 Å². The molecule has 1 aromatic carbocycles. The van der Waals surface area contributed by atoms with Crippen molar-refractivity contribution in [2.24, 2.45) is 0 Å². The number of benzene rings is 1. The molecule has 15 heteroatoms. The summed E-state index contributed by atoms with van der Waals surface area (Å²) in [5.74, 6) is -1.41. The maximum absolute atomic E-state index is 12.6. The Morgan fingerprint density at radius 3 is 2.67 bits per heavy atom. The molecule has 0 unspecified atom stereocenters. The molecule has 40 heavy (non-hydrogen) atoms. The van der Waals surface area contributed by atoms with Gasteiger partial charge in [0.05, 0.1) is 6.42 Å². The molecule has 15 nitrogen and oxygen atoms in total. The van der Waals surface area contributed by atoms with Crippen molar-refractivity contribution in [3.8, 4) is 0 Å². The van der Waals surface area contributed by atoms with E-state index in [1.165, 1.54) is 0 Å². The number of fused-ring (bicyclic) bond motifs is 1. The highest BCUT2D eigenvalue weighted by Gasteiger charge is 2.38. The normalized spacial score (nSPS) is 14.5. The molecule has 5 N–H and O–H groups in total. The zero-order chi connectivity index (χ0) is 28.3. The standard InChI is InChI=1S/C25H28N8O7/c34-19(26-13-10-20(35)40-32-25(38)39-15-16-6-2-1-3-7-16)14-33-22(36)18(30-24(33)37)9-5-12-28-23-29-17-8-4-11-27-21(17)31-23/h1-4,6-8,11,18H,5,9-10,12-15H2,(H,26,34)(H,30,37)(H,32,38)(H2,27,28,29,31)/t18-/m0/s1. The number of H-pyrrole nitrogens is 1. The van der Waals surface area contributed by atoms with Crippen LogP contribution in [0.5, 0.6) is 0 Å². The Balaban J connectivity index is 1.08. The zero-order valence-electron chi connectivity index (χ0n) is 21.3. The number of ether oxygens (including phenoxy) is 1. The average Bonchev–Trinajstić information content (AvgIpc) is 3.49. The van der Waals surface area contributed by atoms with E-state index in [-0.39, 0.29) is 19.6 Å². The third-order valence-electron chi connectivity index (χ3n) is 5.74. The van der Waals surface area contributed by atoms with Crippen LogP contribution in [0.4, 0.5) is 15.5 Å². The Morgan fingerprint density at radius 2 is 1.88 bits per heavy atom. The van der Waals surface area contributed by atoms with Gasteiger partial charge in [0.1, 0.15) is 24.7 Å². The van der Waals surface area contributed by atoms with E-state index in [1.54, 1.807) is 36.5 Å². The number of hydrogen-bond donors (Lipinski definition) is 5. The van der Waals surface area contributed by atoms with Gasteiger partial charge in [-0.15, -0.1) is 5.48 Å². The number of amides is 5. The summed E-state index contributed by atoms with van der Waals surface area (Å²) < 4.78 is 4.90. The molecule has 0 spiro atoms. The summed E-state index contributed by atoms with van der Waals surface area (Å²) in [6.45, 7) is -0.129. The molecule has 1 aliphatic rings. The van der Waals surface area contributed by atoms with E-state index >= 15 is 0 Å². The fourth-order valence-electron chi connectivity index (χ4n) is 3.77. The number of urea groups is 1. The first kappa shape index (κ1) is 27.8. The van der Waals surface area contributed by atoms with Gasteiger partial charge >= 0.3 is 18.1 Å². The van der Waals surface area contributed by atoms with Crippen LogP contribution in [0.15, 0.2) is 48.7 Å². The molecule has 0 saturated carbocycles. The topological polar surface area (TPSA) is 197 Å². The fourth-order valence-corrected chi connectivity index (χ4v) is 3.77. The number of carbonyl (C=O) groups excluding carboxylic acids is 5. The molecule has 1 fully saturated rings. The summed E-state index contributed by atoms with van der Waals surface area (Å²) in [4.78, 5) is 77.3. The summed E-state index contributed by atoms with van der Waals surface area (Å²) >= 11 is 0.